The van der Waals surface area contributed by atoms with Crippen molar-refractivity contribution >= 4 is 28.7 Å². The van der Waals surface area contributed by atoms with Crippen LogP contribution in [0.1, 0.15) is 43.7 Å². The van der Waals surface area contributed by atoms with E-state index in [1.807, 2.05) is 10.7 Å². The zero-order valence-electron chi connectivity index (χ0n) is 19.0. The normalized spacial score (nSPS) is 18.2. The Morgan fingerprint density at radius 2 is 2.16 bits per heavy atom. The molecule has 32 heavy (non-hydrogen) atoms. The third-order valence-electron chi connectivity index (χ3n) is 6.75. The van der Waals surface area contributed by atoms with Gasteiger partial charge in [-0.25, -0.2) is 4.98 Å². The summed E-state index contributed by atoms with van der Waals surface area (Å²) >= 11 is 0. The summed E-state index contributed by atoms with van der Waals surface area (Å²) < 4.78 is 1.92. The van der Waals surface area contributed by atoms with E-state index < -0.39 is 0 Å². The molecule has 5 rings (SSSR count). The van der Waals surface area contributed by atoms with Crippen molar-refractivity contribution in [3.05, 3.63) is 41.6 Å². The Balaban J connectivity index is 1.46. The van der Waals surface area contributed by atoms with Crippen molar-refractivity contribution in [1.29, 1.82) is 0 Å². The van der Waals surface area contributed by atoms with Crippen LogP contribution in [0.3, 0.4) is 0 Å². The van der Waals surface area contributed by atoms with Crippen LogP contribution in [0.25, 0.3) is 5.65 Å². The minimum Gasteiger partial charge on any atom is -0.396 e. The lowest BCUT2D eigenvalue weighted by Gasteiger charge is -2.36. The number of aliphatic hydroxyl groups excluding tert-OH is 1. The molecule has 3 aromatic rings. The van der Waals surface area contributed by atoms with Crippen LogP contribution in [-0.2, 0) is 13.0 Å². The number of anilines is 4. The van der Waals surface area contributed by atoms with Crippen LogP contribution < -0.4 is 20.4 Å². The minimum absolute atomic E-state index is 0.211. The van der Waals surface area contributed by atoms with E-state index in [1.165, 1.54) is 23.4 Å². The zero-order chi connectivity index (χ0) is 22.1. The average Bonchev–Trinajstić information content (AvgIpc) is 3.41. The third-order valence-corrected chi connectivity index (χ3v) is 6.75. The van der Waals surface area contributed by atoms with Gasteiger partial charge in [0.1, 0.15) is 11.6 Å². The first-order chi connectivity index (χ1) is 15.7. The van der Waals surface area contributed by atoms with Crippen LogP contribution in [0.2, 0.25) is 0 Å². The number of aromatic nitrogens is 3. The van der Waals surface area contributed by atoms with Gasteiger partial charge < -0.3 is 25.5 Å². The largest absolute Gasteiger partial charge is 0.396 e. The number of aliphatic hydroxyl groups is 1. The standard InChI is InChI=1S/C24H33N7O/c1-3-18-15-27-31-22(25-14-17-7-8-21-20(12-17)26-16-29(21)2)13-23(28-24(18)31)30-10-5-4-6-19(30)9-11-32/h7-8,12-13,15,19,25-26,32H,3-6,9-11,14,16H2,1-2H3/t19-/m0/s1. The highest BCUT2D eigenvalue weighted by atomic mass is 16.3. The summed E-state index contributed by atoms with van der Waals surface area (Å²) in [5, 5.41) is 21.3. The molecule has 1 saturated heterocycles. The van der Waals surface area contributed by atoms with Crippen molar-refractivity contribution in [3.8, 4) is 0 Å². The average molecular weight is 436 g/mol. The van der Waals surface area contributed by atoms with Gasteiger partial charge in [0.15, 0.2) is 5.65 Å². The van der Waals surface area contributed by atoms with Gasteiger partial charge in [-0.2, -0.15) is 9.61 Å². The predicted molar refractivity (Wildman–Crippen MR) is 130 cm³/mol. The van der Waals surface area contributed by atoms with Crippen LogP contribution in [-0.4, -0.2) is 52.6 Å². The fourth-order valence-corrected chi connectivity index (χ4v) is 4.92. The van der Waals surface area contributed by atoms with Crippen LogP contribution in [0, 0.1) is 0 Å². The molecule has 1 atom stereocenters. The summed E-state index contributed by atoms with van der Waals surface area (Å²) in [4.78, 5) is 9.62. The maximum Gasteiger partial charge on any atom is 0.162 e. The van der Waals surface area contributed by atoms with Gasteiger partial charge in [-0.3, -0.25) is 0 Å². The van der Waals surface area contributed by atoms with Crippen molar-refractivity contribution in [2.24, 2.45) is 0 Å². The van der Waals surface area contributed by atoms with E-state index in [0.29, 0.717) is 12.6 Å². The Morgan fingerprint density at radius 1 is 1.25 bits per heavy atom. The Hall–Kier alpha value is -3.00. The second-order valence-electron chi connectivity index (χ2n) is 8.85. The van der Waals surface area contributed by atoms with Crippen molar-refractivity contribution in [2.45, 2.75) is 51.6 Å². The highest BCUT2D eigenvalue weighted by Gasteiger charge is 2.25. The lowest BCUT2D eigenvalue weighted by molar-refractivity contribution is 0.262. The van der Waals surface area contributed by atoms with Gasteiger partial charge >= 0.3 is 0 Å². The fourth-order valence-electron chi connectivity index (χ4n) is 4.92. The summed E-state index contributed by atoms with van der Waals surface area (Å²) in [7, 11) is 2.10. The topological polar surface area (TPSA) is 81.0 Å². The van der Waals surface area contributed by atoms with E-state index in [2.05, 4.69) is 63.8 Å². The number of benzene rings is 1. The fraction of sp³-hybridized carbons (Fsp3) is 0.500. The molecule has 0 unspecified atom stereocenters. The SMILES string of the molecule is CCc1cnn2c(NCc3ccc4c(c3)NCN4C)cc(N3CCCC[C@H]3CCO)nc12. The number of nitrogens with zero attached hydrogens (tertiary/aromatic N) is 5. The number of hydrogen-bond donors (Lipinski definition) is 3. The number of fused-ring (bicyclic) bond motifs is 2. The summed E-state index contributed by atoms with van der Waals surface area (Å²) in [5.74, 6) is 1.93. The number of piperidine rings is 1. The second-order valence-corrected chi connectivity index (χ2v) is 8.85. The third kappa shape index (κ3) is 3.83. The Kier molecular flexibility index (Phi) is 5.78. The first-order valence-corrected chi connectivity index (χ1v) is 11.7. The van der Waals surface area contributed by atoms with E-state index in [9.17, 15) is 5.11 Å². The molecule has 0 saturated carbocycles. The van der Waals surface area contributed by atoms with Gasteiger partial charge in [0.25, 0.3) is 0 Å². The van der Waals surface area contributed by atoms with Gasteiger partial charge in [-0.1, -0.05) is 13.0 Å². The van der Waals surface area contributed by atoms with Crippen LogP contribution in [0.4, 0.5) is 23.0 Å². The molecule has 3 N–H and O–H groups in total. The highest BCUT2D eigenvalue weighted by Crippen LogP contribution is 2.32. The molecule has 8 nitrogen and oxygen atoms in total. The Bertz CT molecular complexity index is 1090. The van der Waals surface area contributed by atoms with Crippen molar-refractivity contribution in [1.82, 2.24) is 14.6 Å². The number of rotatable bonds is 7. The predicted octanol–water partition coefficient (Wildman–Crippen LogP) is 3.46. The summed E-state index contributed by atoms with van der Waals surface area (Å²) in [6.07, 6.45) is 7.08. The molecule has 1 fully saturated rings. The lowest BCUT2D eigenvalue weighted by atomic mass is 9.99. The van der Waals surface area contributed by atoms with E-state index in [1.54, 1.807) is 0 Å². The Morgan fingerprint density at radius 3 is 3.00 bits per heavy atom. The van der Waals surface area contributed by atoms with E-state index in [4.69, 9.17) is 4.98 Å². The molecule has 0 radical (unpaired) electrons. The van der Waals surface area contributed by atoms with Gasteiger partial charge in [-0.15, -0.1) is 0 Å². The first-order valence-electron chi connectivity index (χ1n) is 11.7. The molecule has 0 amide bonds. The molecular formula is C24H33N7O. The summed E-state index contributed by atoms with van der Waals surface area (Å²) in [5.41, 5.74) is 5.70. The molecule has 4 heterocycles. The van der Waals surface area contributed by atoms with E-state index >= 15 is 0 Å². The van der Waals surface area contributed by atoms with E-state index in [0.717, 1.165) is 61.7 Å². The molecule has 170 valence electrons. The second kappa shape index (κ2) is 8.86. The van der Waals surface area contributed by atoms with E-state index in [-0.39, 0.29) is 6.61 Å². The number of nitrogens with one attached hydrogen (secondary N) is 2. The number of hydrogen-bond acceptors (Lipinski definition) is 7. The summed E-state index contributed by atoms with van der Waals surface area (Å²) in [6, 6.07) is 9.03. The molecule has 8 heteroatoms. The molecule has 2 aromatic heterocycles. The lowest BCUT2D eigenvalue weighted by Crippen LogP contribution is -2.40. The smallest absolute Gasteiger partial charge is 0.162 e. The van der Waals surface area contributed by atoms with Gasteiger partial charge in [0.05, 0.1) is 24.2 Å². The van der Waals surface area contributed by atoms with Crippen molar-refractivity contribution in [2.75, 3.05) is 47.3 Å². The van der Waals surface area contributed by atoms with Crippen LogP contribution in [0.5, 0.6) is 0 Å². The molecule has 2 aliphatic heterocycles. The minimum atomic E-state index is 0.211. The van der Waals surface area contributed by atoms with Gasteiger partial charge in [0, 0.05) is 44.4 Å². The maximum atomic E-state index is 9.57. The summed E-state index contributed by atoms with van der Waals surface area (Å²) in [6.45, 7) is 4.88. The first kappa shape index (κ1) is 20.9. The molecule has 0 spiro atoms. The molecule has 0 aliphatic carbocycles. The van der Waals surface area contributed by atoms with Crippen molar-refractivity contribution < 1.29 is 5.11 Å². The quantitative estimate of drug-likeness (QED) is 0.524. The van der Waals surface area contributed by atoms with Crippen LogP contribution in [0.15, 0.2) is 30.5 Å². The molecule has 0 bridgehead atoms. The highest BCUT2D eigenvalue weighted by molar-refractivity contribution is 5.75. The monoisotopic (exact) mass is 435 g/mol. The Labute approximate surface area is 189 Å². The number of aryl methyl sites for hydroxylation is 1. The zero-order valence-corrected chi connectivity index (χ0v) is 19.0. The van der Waals surface area contributed by atoms with Gasteiger partial charge in [-0.05, 0) is 49.8 Å². The van der Waals surface area contributed by atoms with Crippen LogP contribution >= 0.6 is 0 Å². The molecule has 1 aromatic carbocycles. The van der Waals surface area contributed by atoms with Gasteiger partial charge in [0.2, 0.25) is 0 Å². The molecular weight excluding hydrogens is 402 g/mol. The molecule has 2 aliphatic rings. The van der Waals surface area contributed by atoms with Crippen molar-refractivity contribution in [3.63, 3.8) is 0 Å². The maximum absolute atomic E-state index is 9.57.